The van der Waals surface area contributed by atoms with Crippen LogP contribution in [0.3, 0.4) is 0 Å². The zero-order valence-corrected chi connectivity index (χ0v) is 12.7. The summed E-state index contributed by atoms with van der Waals surface area (Å²) in [7, 11) is 0. The molecule has 0 saturated heterocycles. The lowest BCUT2D eigenvalue weighted by molar-refractivity contribution is 0.101. The second kappa shape index (κ2) is 7.23. The summed E-state index contributed by atoms with van der Waals surface area (Å²) in [5, 5.41) is 6.21. The second-order valence-corrected chi connectivity index (χ2v) is 4.74. The van der Waals surface area contributed by atoms with Gasteiger partial charge in [-0.15, -0.1) is 6.42 Å². The molecule has 1 aromatic heterocycles. The first kappa shape index (κ1) is 15.5. The number of anilines is 3. The summed E-state index contributed by atoms with van der Waals surface area (Å²) in [6.45, 7) is 3.99. The van der Waals surface area contributed by atoms with Crippen molar-refractivity contribution in [2.24, 2.45) is 0 Å². The van der Waals surface area contributed by atoms with E-state index in [0.717, 1.165) is 23.5 Å². The largest absolute Gasteiger partial charge is 0.359 e. The van der Waals surface area contributed by atoms with Crippen LogP contribution >= 0.6 is 0 Å². The van der Waals surface area contributed by atoms with Gasteiger partial charge in [0.25, 0.3) is 0 Å². The van der Waals surface area contributed by atoms with Crippen molar-refractivity contribution in [2.75, 3.05) is 17.2 Å². The number of ketones is 1. The summed E-state index contributed by atoms with van der Waals surface area (Å²) < 4.78 is 0. The van der Waals surface area contributed by atoms with Crippen molar-refractivity contribution in [3.63, 3.8) is 0 Å². The first-order chi connectivity index (χ1) is 10.6. The quantitative estimate of drug-likeness (QED) is 0.633. The molecule has 0 spiro atoms. The molecule has 0 aliphatic rings. The first-order valence-corrected chi connectivity index (χ1v) is 7.05. The Morgan fingerprint density at radius 1 is 1.32 bits per heavy atom. The van der Waals surface area contributed by atoms with Gasteiger partial charge in [-0.25, -0.2) is 4.98 Å². The normalized spacial score (nSPS) is 9.86. The van der Waals surface area contributed by atoms with Gasteiger partial charge in [-0.05, 0) is 37.6 Å². The molecule has 2 aromatic rings. The van der Waals surface area contributed by atoms with E-state index in [1.54, 1.807) is 25.3 Å². The minimum atomic E-state index is 0.0378. The molecular formula is C17H18N4O. The van der Waals surface area contributed by atoms with Crippen LogP contribution in [-0.2, 0) is 6.42 Å². The number of aromatic nitrogens is 2. The molecule has 0 atom stereocenters. The Morgan fingerprint density at radius 2 is 2.05 bits per heavy atom. The Bertz CT molecular complexity index is 702. The van der Waals surface area contributed by atoms with Gasteiger partial charge in [0.05, 0.1) is 6.54 Å². The summed E-state index contributed by atoms with van der Waals surface area (Å²) in [5.41, 5.74) is 2.49. The van der Waals surface area contributed by atoms with Gasteiger partial charge < -0.3 is 10.6 Å². The summed E-state index contributed by atoms with van der Waals surface area (Å²) in [6, 6.07) is 7.18. The molecule has 0 fully saturated rings. The molecule has 0 unspecified atom stereocenters. The predicted molar refractivity (Wildman–Crippen MR) is 88.5 cm³/mol. The number of hydrogen-bond donors (Lipinski definition) is 2. The maximum atomic E-state index is 11.3. The number of nitrogens with one attached hydrogen (secondary N) is 2. The molecule has 0 aliphatic heterocycles. The van der Waals surface area contributed by atoms with Gasteiger partial charge in [0.1, 0.15) is 5.82 Å². The van der Waals surface area contributed by atoms with Crippen LogP contribution in [0.25, 0.3) is 0 Å². The van der Waals surface area contributed by atoms with Crippen LogP contribution in [0.1, 0.15) is 29.8 Å². The van der Waals surface area contributed by atoms with E-state index in [4.69, 9.17) is 6.42 Å². The zero-order chi connectivity index (χ0) is 15.9. The average Bonchev–Trinajstić information content (AvgIpc) is 2.53. The summed E-state index contributed by atoms with van der Waals surface area (Å²) in [4.78, 5) is 20.0. The number of benzene rings is 1. The van der Waals surface area contributed by atoms with Crippen LogP contribution in [0, 0.1) is 12.3 Å². The van der Waals surface area contributed by atoms with Crippen LogP contribution in [-0.4, -0.2) is 22.3 Å². The minimum absolute atomic E-state index is 0.0378. The topological polar surface area (TPSA) is 66.9 Å². The van der Waals surface area contributed by atoms with E-state index in [-0.39, 0.29) is 5.78 Å². The molecule has 22 heavy (non-hydrogen) atoms. The number of aryl methyl sites for hydroxylation is 1. The zero-order valence-electron chi connectivity index (χ0n) is 12.7. The maximum absolute atomic E-state index is 11.3. The van der Waals surface area contributed by atoms with Crippen molar-refractivity contribution in [1.29, 1.82) is 0 Å². The fraction of sp³-hybridized carbons (Fsp3) is 0.235. The van der Waals surface area contributed by atoms with Gasteiger partial charge in [0.2, 0.25) is 5.95 Å². The lowest BCUT2D eigenvalue weighted by atomic mass is 10.1. The molecule has 0 aliphatic carbocycles. The summed E-state index contributed by atoms with van der Waals surface area (Å²) in [5.74, 6) is 3.78. The Kier molecular flexibility index (Phi) is 5.10. The Labute approximate surface area is 130 Å². The standard InChI is InChI=1S/C17H18N4O/c1-4-10-18-16-13(5-2)11-19-17(21-16)20-15-8-6-14(7-9-15)12(3)22/h1,6-9,11H,5,10H2,2-3H3,(H2,18,19,20,21). The molecule has 2 N–H and O–H groups in total. The van der Waals surface area contributed by atoms with Crippen molar-refractivity contribution in [3.05, 3.63) is 41.6 Å². The monoisotopic (exact) mass is 294 g/mol. The fourth-order valence-electron chi connectivity index (χ4n) is 1.93. The minimum Gasteiger partial charge on any atom is -0.359 e. The van der Waals surface area contributed by atoms with Crippen LogP contribution in [0.5, 0.6) is 0 Å². The van der Waals surface area contributed by atoms with E-state index in [1.165, 1.54) is 0 Å². The molecule has 112 valence electrons. The van der Waals surface area contributed by atoms with Gasteiger partial charge in [0.15, 0.2) is 5.78 Å². The second-order valence-electron chi connectivity index (χ2n) is 4.74. The highest BCUT2D eigenvalue weighted by Crippen LogP contribution is 2.18. The SMILES string of the molecule is C#CCNc1nc(Nc2ccc(C(C)=O)cc2)ncc1CC. The fourth-order valence-corrected chi connectivity index (χ4v) is 1.93. The Morgan fingerprint density at radius 3 is 2.64 bits per heavy atom. The summed E-state index contributed by atoms with van der Waals surface area (Å²) in [6.07, 6.45) is 7.86. The van der Waals surface area contributed by atoms with Gasteiger partial charge >= 0.3 is 0 Å². The lowest BCUT2D eigenvalue weighted by Crippen LogP contribution is -2.07. The van der Waals surface area contributed by atoms with Crippen molar-refractivity contribution < 1.29 is 4.79 Å². The van der Waals surface area contributed by atoms with E-state index in [2.05, 4.69) is 26.5 Å². The van der Waals surface area contributed by atoms with Gasteiger partial charge in [-0.2, -0.15) is 4.98 Å². The average molecular weight is 294 g/mol. The third-order valence-electron chi connectivity index (χ3n) is 3.15. The summed E-state index contributed by atoms with van der Waals surface area (Å²) >= 11 is 0. The third-order valence-corrected chi connectivity index (χ3v) is 3.15. The van der Waals surface area contributed by atoms with Crippen molar-refractivity contribution in [2.45, 2.75) is 20.3 Å². The number of carbonyl (C=O) groups is 1. The van der Waals surface area contributed by atoms with Crippen molar-refractivity contribution in [1.82, 2.24) is 9.97 Å². The highest BCUT2D eigenvalue weighted by Gasteiger charge is 2.06. The van der Waals surface area contributed by atoms with Gasteiger partial charge in [0, 0.05) is 23.0 Å². The Hall–Kier alpha value is -2.87. The van der Waals surface area contributed by atoms with E-state index in [9.17, 15) is 4.79 Å². The molecule has 0 radical (unpaired) electrons. The van der Waals surface area contributed by atoms with Crippen LogP contribution in [0.15, 0.2) is 30.5 Å². The highest BCUT2D eigenvalue weighted by atomic mass is 16.1. The molecule has 0 bridgehead atoms. The Balaban J connectivity index is 2.18. The molecule has 1 aromatic carbocycles. The van der Waals surface area contributed by atoms with Crippen molar-refractivity contribution in [3.8, 4) is 12.3 Å². The van der Waals surface area contributed by atoms with Crippen LogP contribution in [0.4, 0.5) is 17.5 Å². The highest BCUT2D eigenvalue weighted by molar-refractivity contribution is 5.94. The number of hydrogen-bond acceptors (Lipinski definition) is 5. The number of nitrogens with zero attached hydrogens (tertiary/aromatic N) is 2. The molecular weight excluding hydrogens is 276 g/mol. The molecule has 1 heterocycles. The molecule has 0 amide bonds. The van der Waals surface area contributed by atoms with Gasteiger partial charge in [-0.1, -0.05) is 12.8 Å². The molecule has 5 heteroatoms. The first-order valence-electron chi connectivity index (χ1n) is 7.05. The predicted octanol–water partition coefficient (Wildman–Crippen LogP) is 3.03. The van der Waals surface area contributed by atoms with Gasteiger partial charge in [-0.3, -0.25) is 4.79 Å². The molecule has 0 saturated carbocycles. The third kappa shape index (κ3) is 3.83. The van der Waals surface area contributed by atoms with E-state index >= 15 is 0 Å². The number of carbonyl (C=O) groups excluding carboxylic acids is 1. The number of terminal acetylenes is 1. The smallest absolute Gasteiger partial charge is 0.229 e. The number of Topliss-reactive ketones (excluding diaryl/α,β-unsaturated/α-hetero) is 1. The molecule has 5 nitrogen and oxygen atoms in total. The lowest BCUT2D eigenvalue weighted by Gasteiger charge is -2.10. The van der Waals surface area contributed by atoms with E-state index in [1.807, 2.05) is 19.1 Å². The van der Waals surface area contributed by atoms with E-state index < -0.39 is 0 Å². The van der Waals surface area contributed by atoms with Crippen molar-refractivity contribution >= 4 is 23.2 Å². The maximum Gasteiger partial charge on any atom is 0.229 e. The van der Waals surface area contributed by atoms with E-state index in [0.29, 0.717) is 18.1 Å². The van der Waals surface area contributed by atoms with Crippen LogP contribution < -0.4 is 10.6 Å². The van der Waals surface area contributed by atoms with Crippen LogP contribution in [0.2, 0.25) is 0 Å². The molecule has 2 rings (SSSR count). The number of rotatable bonds is 6.